The molecule has 0 aliphatic heterocycles. The summed E-state index contributed by atoms with van der Waals surface area (Å²) in [7, 11) is 1.54. The van der Waals surface area contributed by atoms with Gasteiger partial charge in [-0.1, -0.05) is 78.9 Å². The SMILES string of the molecule is CN(CC(=O)Nc1cccc2ccccc12)C(=O)CNC(=O)Cc1cccc2ccccc12. The molecular formula is C27H25N3O3. The second kappa shape index (κ2) is 9.96. The van der Waals surface area contributed by atoms with Crippen LogP contribution in [0.3, 0.4) is 0 Å². The van der Waals surface area contributed by atoms with Gasteiger partial charge in [0, 0.05) is 18.1 Å². The Kier molecular flexibility index (Phi) is 6.64. The monoisotopic (exact) mass is 439 g/mol. The van der Waals surface area contributed by atoms with Crippen molar-refractivity contribution in [3.63, 3.8) is 0 Å². The first-order valence-electron chi connectivity index (χ1n) is 10.8. The van der Waals surface area contributed by atoms with E-state index < -0.39 is 0 Å². The molecule has 33 heavy (non-hydrogen) atoms. The van der Waals surface area contributed by atoms with Crippen LogP contribution in [0.4, 0.5) is 5.69 Å². The zero-order chi connectivity index (χ0) is 23.2. The van der Waals surface area contributed by atoms with E-state index in [0.717, 1.165) is 27.1 Å². The van der Waals surface area contributed by atoms with Crippen LogP contribution < -0.4 is 10.6 Å². The van der Waals surface area contributed by atoms with Crippen LogP contribution in [-0.4, -0.2) is 42.8 Å². The van der Waals surface area contributed by atoms with Crippen molar-refractivity contribution in [3.8, 4) is 0 Å². The Morgan fingerprint density at radius 2 is 1.33 bits per heavy atom. The maximum absolute atomic E-state index is 12.5. The zero-order valence-corrected chi connectivity index (χ0v) is 18.4. The molecule has 0 fully saturated rings. The van der Waals surface area contributed by atoms with Gasteiger partial charge in [0.25, 0.3) is 0 Å². The molecule has 3 amide bonds. The first-order chi connectivity index (χ1) is 16.0. The maximum atomic E-state index is 12.5. The van der Waals surface area contributed by atoms with Crippen LogP contribution in [0.2, 0.25) is 0 Å². The van der Waals surface area contributed by atoms with E-state index >= 15 is 0 Å². The van der Waals surface area contributed by atoms with Crippen LogP contribution in [0, 0.1) is 0 Å². The summed E-state index contributed by atoms with van der Waals surface area (Å²) in [6, 6.07) is 27.1. The molecule has 4 aromatic rings. The number of amides is 3. The molecule has 0 aliphatic carbocycles. The number of hydrogen-bond acceptors (Lipinski definition) is 3. The second-order valence-electron chi connectivity index (χ2n) is 7.92. The lowest BCUT2D eigenvalue weighted by Gasteiger charge is -2.18. The lowest BCUT2D eigenvalue weighted by molar-refractivity contribution is -0.134. The molecule has 4 rings (SSSR count). The Balaban J connectivity index is 1.29. The molecule has 0 saturated heterocycles. The average molecular weight is 440 g/mol. The molecule has 0 atom stereocenters. The lowest BCUT2D eigenvalue weighted by Crippen LogP contribution is -2.41. The zero-order valence-electron chi connectivity index (χ0n) is 18.4. The summed E-state index contributed by atoms with van der Waals surface area (Å²) in [6.07, 6.45) is 0.180. The molecule has 0 aliphatic rings. The van der Waals surface area contributed by atoms with Crippen molar-refractivity contribution in [1.82, 2.24) is 10.2 Å². The number of fused-ring (bicyclic) bond motifs is 2. The van der Waals surface area contributed by atoms with Gasteiger partial charge in [0.05, 0.1) is 19.5 Å². The van der Waals surface area contributed by atoms with Gasteiger partial charge in [0.1, 0.15) is 0 Å². The summed E-state index contributed by atoms with van der Waals surface area (Å²) in [6.45, 7) is -0.275. The van der Waals surface area contributed by atoms with Crippen molar-refractivity contribution in [1.29, 1.82) is 0 Å². The van der Waals surface area contributed by atoms with Gasteiger partial charge in [-0.15, -0.1) is 0 Å². The predicted octanol–water partition coefficient (Wildman–Crippen LogP) is 3.75. The van der Waals surface area contributed by atoms with E-state index in [9.17, 15) is 14.4 Å². The van der Waals surface area contributed by atoms with Crippen molar-refractivity contribution >= 4 is 45.0 Å². The minimum atomic E-state index is -0.339. The fourth-order valence-electron chi connectivity index (χ4n) is 3.82. The Labute approximate surface area is 192 Å². The van der Waals surface area contributed by atoms with Gasteiger partial charge >= 0.3 is 0 Å². The van der Waals surface area contributed by atoms with Crippen molar-refractivity contribution in [2.45, 2.75) is 6.42 Å². The van der Waals surface area contributed by atoms with Gasteiger partial charge < -0.3 is 15.5 Å². The topological polar surface area (TPSA) is 78.5 Å². The van der Waals surface area contributed by atoms with E-state index in [0.29, 0.717) is 5.69 Å². The lowest BCUT2D eigenvalue weighted by atomic mass is 10.0. The third-order valence-electron chi connectivity index (χ3n) is 5.54. The van der Waals surface area contributed by atoms with Crippen molar-refractivity contribution in [3.05, 3.63) is 90.5 Å². The summed E-state index contributed by atoms with van der Waals surface area (Å²) in [5.41, 5.74) is 1.60. The van der Waals surface area contributed by atoms with Crippen LogP contribution in [0.15, 0.2) is 84.9 Å². The van der Waals surface area contributed by atoms with Gasteiger partial charge in [0.2, 0.25) is 17.7 Å². The van der Waals surface area contributed by atoms with Crippen LogP contribution >= 0.6 is 0 Å². The molecule has 166 valence electrons. The number of rotatable bonds is 7. The molecule has 0 heterocycles. The predicted molar refractivity (Wildman–Crippen MR) is 131 cm³/mol. The second-order valence-corrected chi connectivity index (χ2v) is 7.92. The highest BCUT2D eigenvalue weighted by atomic mass is 16.2. The molecule has 2 N–H and O–H groups in total. The number of carbonyl (C=O) groups is 3. The van der Waals surface area contributed by atoms with Crippen molar-refractivity contribution in [2.75, 3.05) is 25.5 Å². The van der Waals surface area contributed by atoms with Gasteiger partial charge in [-0.25, -0.2) is 0 Å². The smallest absolute Gasteiger partial charge is 0.244 e. The third-order valence-corrected chi connectivity index (χ3v) is 5.54. The maximum Gasteiger partial charge on any atom is 0.244 e. The Morgan fingerprint density at radius 3 is 2.09 bits per heavy atom. The molecule has 0 unspecified atom stereocenters. The number of benzene rings is 4. The summed E-state index contributed by atoms with van der Waals surface area (Å²) in [5.74, 6) is -0.882. The molecule has 0 bridgehead atoms. The number of carbonyl (C=O) groups excluding carboxylic acids is 3. The molecule has 0 spiro atoms. The number of hydrogen-bond donors (Lipinski definition) is 2. The van der Waals surface area contributed by atoms with E-state index in [2.05, 4.69) is 10.6 Å². The van der Waals surface area contributed by atoms with E-state index in [1.165, 1.54) is 4.90 Å². The fourth-order valence-corrected chi connectivity index (χ4v) is 3.82. The van der Waals surface area contributed by atoms with E-state index in [4.69, 9.17) is 0 Å². The van der Waals surface area contributed by atoms with E-state index in [-0.39, 0.29) is 37.2 Å². The average Bonchev–Trinajstić information content (AvgIpc) is 2.83. The largest absolute Gasteiger partial charge is 0.347 e. The minimum Gasteiger partial charge on any atom is -0.347 e. The summed E-state index contributed by atoms with van der Waals surface area (Å²) in [5, 5.41) is 9.57. The summed E-state index contributed by atoms with van der Waals surface area (Å²) < 4.78 is 0. The quantitative estimate of drug-likeness (QED) is 0.460. The van der Waals surface area contributed by atoms with E-state index in [1.807, 2.05) is 84.9 Å². The first-order valence-corrected chi connectivity index (χ1v) is 10.8. The Bertz CT molecular complexity index is 1320. The van der Waals surface area contributed by atoms with Crippen LogP contribution in [0.25, 0.3) is 21.5 Å². The normalized spacial score (nSPS) is 10.7. The molecular weight excluding hydrogens is 414 g/mol. The van der Waals surface area contributed by atoms with Gasteiger partial charge in [0.15, 0.2) is 0 Å². The highest BCUT2D eigenvalue weighted by Gasteiger charge is 2.15. The van der Waals surface area contributed by atoms with E-state index in [1.54, 1.807) is 7.05 Å². The van der Waals surface area contributed by atoms with Crippen LogP contribution in [0.1, 0.15) is 5.56 Å². The molecule has 6 heteroatoms. The first kappa shape index (κ1) is 22.0. The fraction of sp³-hybridized carbons (Fsp3) is 0.148. The van der Waals surface area contributed by atoms with Gasteiger partial charge in [-0.05, 0) is 27.8 Å². The van der Waals surface area contributed by atoms with Gasteiger partial charge in [-0.3, -0.25) is 14.4 Å². The minimum absolute atomic E-state index is 0.110. The molecule has 0 aromatic heterocycles. The number of nitrogens with zero attached hydrogens (tertiary/aromatic N) is 1. The number of anilines is 1. The molecule has 0 saturated carbocycles. The number of likely N-dealkylation sites (N-methyl/N-ethyl adjacent to an activating group) is 1. The highest BCUT2D eigenvalue weighted by Crippen LogP contribution is 2.23. The standard InChI is InChI=1S/C27H25N3O3/c1-30(18-26(32)29-24-15-7-11-20-9-3-5-14-23(20)24)27(33)17-28-25(31)16-21-12-6-10-19-8-2-4-13-22(19)21/h2-15H,16-18H2,1H3,(H,28,31)(H,29,32). The Morgan fingerprint density at radius 1 is 0.727 bits per heavy atom. The van der Waals surface area contributed by atoms with Crippen LogP contribution in [-0.2, 0) is 20.8 Å². The molecule has 6 nitrogen and oxygen atoms in total. The van der Waals surface area contributed by atoms with Crippen LogP contribution in [0.5, 0.6) is 0 Å². The highest BCUT2D eigenvalue weighted by molar-refractivity contribution is 6.03. The summed E-state index contributed by atoms with van der Waals surface area (Å²) in [4.78, 5) is 38.6. The molecule has 0 radical (unpaired) electrons. The third kappa shape index (κ3) is 5.36. The number of nitrogens with one attached hydrogen (secondary N) is 2. The molecule has 4 aromatic carbocycles. The summed E-state index contributed by atoms with van der Waals surface area (Å²) >= 11 is 0. The van der Waals surface area contributed by atoms with Gasteiger partial charge in [-0.2, -0.15) is 0 Å². The van der Waals surface area contributed by atoms with Crippen molar-refractivity contribution in [2.24, 2.45) is 0 Å². The Hall–Kier alpha value is -4.19. The van der Waals surface area contributed by atoms with Crippen molar-refractivity contribution < 1.29 is 14.4 Å².